The number of carboxylic acids is 1. The summed E-state index contributed by atoms with van der Waals surface area (Å²) in [7, 11) is 0. The quantitative estimate of drug-likeness (QED) is 0.529. The minimum Gasteiger partial charge on any atom is -0.478 e. The normalized spacial score (nSPS) is 26.9. The monoisotopic (exact) mass is 424 g/mol. The van der Waals surface area contributed by atoms with Crippen molar-refractivity contribution in [3.63, 3.8) is 0 Å². The number of aliphatic imine (C=N–C) groups is 1. The summed E-state index contributed by atoms with van der Waals surface area (Å²) in [4.78, 5) is 32.4. The second kappa shape index (κ2) is 9.13. The predicted molar refractivity (Wildman–Crippen MR) is 122 cm³/mol. The van der Waals surface area contributed by atoms with E-state index in [1.54, 1.807) is 12.1 Å². The molecule has 0 bridgehead atoms. The predicted octanol–water partition coefficient (Wildman–Crippen LogP) is 6.00. The van der Waals surface area contributed by atoms with Crippen molar-refractivity contribution in [1.82, 2.24) is 4.90 Å². The molecule has 1 unspecified atom stereocenters. The van der Waals surface area contributed by atoms with E-state index in [0.717, 1.165) is 68.6 Å². The number of amides is 1. The van der Waals surface area contributed by atoms with E-state index in [1.807, 2.05) is 12.1 Å². The van der Waals surface area contributed by atoms with Crippen LogP contribution in [0.25, 0.3) is 0 Å². The molecule has 31 heavy (non-hydrogen) atoms. The highest BCUT2D eigenvalue weighted by Gasteiger charge is 2.51. The van der Waals surface area contributed by atoms with E-state index in [0.29, 0.717) is 5.92 Å². The minimum absolute atomic E-state index is 0.0473. The lowest BCUT2D eigenvalue weighted by molar-refractivity contribution is -0.133. The van der Waals surface area contributed by atoms with Crippen LogP contribution in [-0.4, -0.2) is 33.3 Å². The van der Waals surface area contributed by atoms with Crippen molar-refractivity contribution >= 4 is 17.6 Å². The lowest BCUT2D eigenvalue weighted by Gasteiger charge is -2.45. The molecule has 1 spiro atoms. The topological polar surface area (TPSA) is 70.0 Å². The summed E-state index contributed by atoms with van der Waals surface area (Å²) >= 11 is 0. The van der Waals surface area contributed by atoms with Crippen LogP contribution in [0, 0.1) is 11.8 Å². The van der Waals surface area contributed by atoms with Crippen LogP contribution in [0.5, 0.6) is 0 Å². The first-order chi connectivity index (χ1) is 15.0. The molecule has 1 amide bonds. The Labute approximate surface area is 185 Å². The molecule has 0 radical (unpaired) electrons. The van der Waals surface area contributed by atoms with Crippen molar-refractivity contribution in [2.24, 2.45) is 16.8 Å². The van der Waals surface area contributed by atoms with Crippen LogP contribution in [-0.2, 0) is 4.79 Å². The molecule has 3 aliphatic rings. The van der Waals surface area contributed by atoms with Crippen LogP contribution in [0.1, 0.15) is 106 Å². The third-order valence-corrected chi connectivity index (χ3v) is 7.60. The van der Waals surface area contributed by atoms with Crippen molar-refractivity contribution < 1.29 is 14.7 Å². The zero-order valence-electron chi connectivity index (χ0n) is 19.0. The number of unbranched alkanes of at least 4 members (excludes halogenated alkanes) is 1. The largest absolute Gasteiger partial charge is 0.478 e. The van der Waals surface area contributed by atoms with Crippen LogP contribution in [0.3, 0.4) is 0 Å². The lowest BCUT2D eigenvalue weighted by atomic mass is 9.79. The second-order valence-electron chi connectivity index (χ2n) is 9.80. The van der Waals surface area contributed by atoms with Gasteiger partial charge >= 0.3 is 5.97 Å². The van der Waals surface area contributed by atoms with Gasteiger partial charge in [0.2, 0.25) is 0 Å². The minimum atomic E-state index is -0.918. The Balaban J connectivity index is 1.68. The molecule has 168 valence electrons. The van der Waals surface area contributed by atoms with Gasteiger partial charge in [-0.15, -0.1) is 0 Å². The van der Waals surface area contributed by atoms with Gasteiger partial charge in [0.25, 0.3) is 5.91 Å². The van der Waals surface area contributed by atoms with Gasteiger partial charge in [-0.3, -0.25) is 9.79 Å². The van der Waals surface area contributed by atoms with Crippen LogP contribution in [0.4, 0.5) is 0 Å². The standard InChI is InChI=1S/C26H36N2O3/c1-3-5-6-23(20-9-11-21(12-10-20)25(30)31)28-24(29)22(17-19-7-8-19)27-26(28)15-13-18(4-2)14-16-26/h9-12,18-19,23H,3-8,13-17H2,1-2H3,(H,30,31). The van der Waals surface area contributed by atoms with Gasteiger partial charge in [0.1, 0.15) is 11.4 Å². The average molecular weight is 425 g/mol. The number of carboxylic acid groups (broad SMARTS) is 1. The first-order valence-corrected chi connectivity index (χ1v) is 12.2. The molecular weight excluding hydrogens is 388 g/mol. The molecule has 0 saturated heterocycles. The van der Waals surface area contributed by atoms with Crippen LogP contribution in [0.15, 0.2) is 29.3 Å². The molecule has 1 aliphatic heterocycles. The molecule has 1 atom stereocenters. The molecule has 2 saturated carbocycles. The zero-order valence-corrected chi connectivity index (χ0v) is 19.0. The van der Waals surface area contributed by atoms with Gasteiger partial charge in [-0.05, 0) is 80.9 Å². The number of nitrogens with zero attached hydrogens (tertiary/aromatic N) is 2. The maximum atomic E-state index is 13.7. The van der Waals surface area contributed by atoms with Gasteiger partial charge in [-0.1, -0.05) is 45.2 Å². The number of rotatable bonds is 9. The third kappa shape index (κ3) is 4.56. The Morgan fingerprint density at radius 1 is 1.13 bits per heavy atom. The fourth-order valence-corrected chi connectivity index (χ4v) is 5.43. The van der Waals surface area contributed by atoms with E-state index < -0.39 is 11.6 Å². The summed E-state index contributed by atoms with van der Waals surface area (Å²) in [6.07, 6.45) is 11.6. The summed E-state index contributed by atoms with van der Waals surface area (Å²) in [5.41, 5.74) is 1.71. The van der Waals surface area contributed by atoms with Crippen molar-refractivity contribution in [2.45, 2.75) is 96.2 Å². The van der Waals surface area contributed by atoms with E-state index in [4.69, 9.17) is 4.99 Å². The van der Waals surface area contributed by atoms with Gasteiger partial charge in [0, 0.05) is 0 Å². The summed E-state index contributed by atoms with van der Waals surface area (Å²) < 4.78 is 0. The molecule has 2 aliphatic carbocycles. The molecule has 0 aromatic heterocycles. The maximum Gasteiger partial charge on any atom is 0.335 e. The summed E-state index contributed by atoms with van der Waals surface area (Å²) in [6, 6.07) is 7.10. The Bertz CT molecular complexity index is 833. The van der Waals surface area contributed by atoms with Crippen molar-refractivity contribution in [3.05, 3.63) is 35.4 Å². The Morgan fingerprint density at radius 2 is 1.81 bits per heavy atom. The number of hydrogen-bond donors (Lipinski definition) is 1. The van der Waals surface area contributed by atoms with Crippen LogP contribution >= 0.6 is 0 Å². The molecule has 1 heterocycles. The molecule has 5 nitrogen and oxygen atoms in total. The first kappa shape index (κ1) is 22.0. The SMILES string of the molecule is CCCCC(c1ccc(C(=O)O)cc1)N1C(=O)C(CC2CC2)=NC12CCC(CC)CC2. The molecule has 1 N–H and O–H groups in total. The smallest absolute Gasteiger partial charge is 0.335 e. The van der Waals surface area contributed by atoms with E-state index in [2.05, 4.69) is 18.7 Å². The van der Waals surface area contributed by atoms with Crippen LogP contribution in [0.2, 0.25) is 0 Å². The summed E-state index contributed by atoms with van der Waals surface area (Å²) in [6.45, 7) is 4.43. The Hall–Kier alpha value is -2.17. The fourth-order valence-electron chi connectivity index (χ4n) is 5.43. The highest BCUT2D eigenvalue weighted by Crippen LogP contribution is 2.48. The average Bonchev–Trinajstić information content (AvgIpc) is 3.56. The Kier molecular flexibility index (Phi) is 6.49. The molecule has 1 aromatic carbocycles. The maximum absolute atomic E-state index is 13.7. The van der Waals surface area contributed by atoms with Gasteiger partial charge in [0.15, 0.2) is 0 Å². The van der Waals surface area contributed by atoms with E-state index in [9.17, 15) is 14.7 Å². The first-order valence-electron chi connectivity index (χ1n) is 12.2. The number of aromatic carboxylic acids is 1. The number of carbonyl (C=O) groups excluding carboxylic acids is 1. The number of hydrogen-bond acceptors (Lipinski definition) is 3. The summed E-state index contributed by atoms with van der Waals surface area (Å²) in [5, 5.41) is 9.30. The molecule has 2 fully saturated rings. The molecule has 5 heteroatoms. The zero-order chi connectivity index (χ0) is 22.0. The van der Waals surface area contributed by atoms with E-state index in [1.165, 1.54) is 19.3 Å². The van der Waals surface area contributed by atoms with Gasteiger partial charge in [-0.2, -0.15) is 0 Å². The Morgan fingerprint density at radius 3 is 2.35 bits per heavy atom. The second-order valence-corrected chi connectivity index (χ2v) is 9.80. The van der Waals surface area contributed by atoms with Gasteiger partial charge < -0.3 is 10.0 Å². The number of carbonyl (C=O) groups is 2. The van der Waals surface area contributed by atoms with E-state index >= 15 is 0 Å². The van der Waals surface area contributed by atoms with E-state index in [-0.39, 0.29) is 17.5 Å². The van der Waals surface area contributed by atoms with Crippen molar-refractivity contribution in [3.8, 4) is 0 Å². The van der Waals surface area contributed by atoms with Gasteiger partial charge in [0.05, 0.1) is 11.6 Å². The fraction of sp³-hybridized carbons (Fsp3) is 0.654. The molecule has 1 aromatic rings. The number of benzene rings is 1. The third-order valence-electron chi connectivity index (χ3n) is 7.60. The summed E-state index contributed by atoms with van der Waals surface area (Å²) in [5.74, 6) is 0.577. The highest BCUT2D eigenvalue weighted by atomic mass is 16.4. The highest BCUT2D eigenvalue weighted by molar-refractivity contribution is 6.40. The van der Waals surface area contributed by atoms with Gasteiger partial charge in [-0.25, -0.2) is 4.79 Å². The molecule has 4 rings (SSSR count). The molecular formula is C26H36N2O3. The lowest BCUT2D eigenvalue weighted by Crippen LogP contribution is -2.50. The van der Waals surface area contributed by atoms with Crippen molar-refractivity contribution in [2.75, 3.05) is 0 Å². The van der Waals surface area contributed by atoms with Crippen molar-refractivity contribution in [1.29, 1.82) is 0 Å². The van der Waals surface area contributed by atoms with Crippen LogP contribution < -0.4 is 0 Å².